The Labute approximate surface area is 158 Å². The predicted molar refractivity (Wildman–Crippen MR) is 103 cm³/mol. The number of nitrogens with zero attached hydrogens (tertiary/aromatic N) is 1. The van der Waals surface area contributed by atoms with Crippen molar-refractivity contribution in [3.05, 3.63) is 51.7 Å². The molecule has 1 aromatic carbocycles. The summed E-state index contributed by atoms with van der Waals surface area (Å²) in [5.74, 6) is 1.16. The maximum atomic E-state index is 11.6. The normalized spacial score (nSPS) is 20.1. The SMILES string of the molecule is COc1ccc([C@@H]2CN(Cc3csc(C(C)=O)c3)C[C@H]2NC(C)=O)cc1. The zero-order valence-electron chi connectivity index (χ0n) is 15.3. The number of nitrogens with one attached hydrogen (secondary N) is 1. The van der Waals surface area contributed by atoms with Crippen LogP contribution in [0.1, 0.15) is 40.6 Å². The Kier molecular flexibility index (Phi) is 5.74. The fraction of sp³-hybridized carbons (Fsp3) is 0.400. The minimum Gasteiger partial charge on any atom is -0.497 e. The number of ketones is 1. The molecule has 1 aliphatic rings. The standard InChI is InChI=1S/C20H24N2O3S/c1-13(23)20-8-15(12-26-20)9-22-10-18(19(11-22)21-14(2)24)16-4-6-17(25-3)7-5-16/h4-8,12,18-19H,9-11H2,1-3H3,(H,21,24)/t18-,19+/m0/s1. The van der Waals surface area contributed by atoms with E-state index in [-0.39, 0.29) is 23.7 Å². The van der Waals surface area contributed by atoms with Gasteiger partial charge in [0.25, 0.3) is 0 Å². The summed E-state index contributed by atoms with van der Waals surface area (Å²) in [6.07, 6.45) is 0. The highest BCUT2D eigenvalue weighted by atomic mass is 32.1. The lowest BCUT2D eigenvalue weighted by molar-refractivity contribution is -0.119. The van der Waals surface area contributed by atoms with Gasteiger partial charge in [0.15, 0.2) is 5.78 Å². The molecule has 2 aromatic rings. The van der Waals surface area contributed by atoms with Crippen molar-refractivity contribution in [2.75, 3.05) is 20.2 Å². The molecule has 0 saturated carbocycles. The van der Waals surface area contributed by atoms with Crippen LogP contribution in [-0.4, -0.2) is 42.8 Å². The molecule has 0 aliphatic carbocycles. The van der Waals surface area contributed by atoms with Crippen LogP contribution in [0.3, 0.4) is 0 Å². The van der Waals surface area contributed by atoms with Crippen LogP contribution < -0.4 is 10.1 Å². The highest BCUT2D eigenvalue weighted by molar-refractivity contribution is 7.12. The number of carbonyl (C=O) groups is 2. The fourth-order valence-corrected chi connectivity index (χ4v) is 4.32. The summed E-state index contributed by atoms with van der Waals surface area (Å²) >= 11 is 1.49. The Balaban J connectivity index is 1.74. The van der Waals surface area contributed by atoms with E-state index in [1.54, 1.807) is 21.0 Å². The van der Waals surface area contributed by atoms with Gasteiger partial charge in [0.2, 0.25) is 5.91 Å². The van der Waals surface area contributed by atoms with Crippen LogP contribution in [0.25, 0.3) is 0 Å². The van der Waals surface area contributed by atoms with Gasteiger partial charge in [-0.05, 0) is 41.6 Å². The summed E-state index contributed by atoms with van der Waals surface area (Å²) in [5, 5.41) is 5.14. The second kappa shape index (κ2) is 8.01. The molecular weight excluding hydrogens is 348 g/mol. The summed E-state index contributed by atoms with van der Waals surface area (Å²) in [6, 6.07) is 10.1. The van der Waals surface area contributed by atoms with Gasteiger partial charge in [-0.25, -0.2) is 0 Å². The Morgan fingerprint density at radius 3 is 2.54 bits per heavy atom. The molecule has 1 N–H and O–H groups in total. The van der Waals surface area contributed by atoms with Gasteiger partial charge in [0, 0.05) is 38.5 Å². The van der Waals surface area contributed by atoms with Crippen LogP contribution in [0.5, 0.6) is 5.75 Å². The second-order valence-electron chi connectivity index (χ2n) is 6.76. The molecule has 1 aliphatic heterocycles. The quantitative estimate of drug-likeness (QED) is 0.792. The first kappa shape index (κ1) is 18.6. The van der Waals surface area contributed by atoms with Crippen LogP contribution in [0.15, 0.2) is 35.7 Å². The van der Waals surface area contributed by atoms with Crippen molar-refractivity contribution in [2.45, 2.75) is 32.4 Å². The van der Waals surface area contributed by atoms with E-state index in [2.05, 4.69) is 22.3 Å². The minimum absolute atomic E-state index is 0.00948. The molecule has 138 valence electrons. The van der Waals surface area contributed by atoms with Crippen LogP contribution in [0.4, 0.5) is 0 Å². The van der Waals surface area contributed by atoms with Crippen molar-refractivity contribution in [3.8, 4) is 5.75 Å². The average molecular weight is 372 g/mol. The van der Waals surface area contributed by atoms with E-state index in [9.17, 15) is 9.59 Å². The molecule has 0 bridgehead atoms. The van der Waals surface area contributed by atoms with Gasteiger partial charge in [-0.2, -0.15) is 0 Å². The number of methoxy groups -OCH3 is 1. The van der Waals surface area contributed by atoms with Gasteiger partial charge < -0.3 is 10.1 Å². The third-order valence-electron chi connectivity index (χ3n) is 4.74. The summed E-state index contributed by atoms with van der Waals surface area (Å²) in [6.45, 7) is 5.60. The molecule has 26 heavy (non-hydrogen) atoms. The number of carbonyl (C=O) groups excluding carboxylic acids is 2. The first-order valence-electron chi connectivity index (χ1n) is 8.68. The Hall–Kier alpha value is -2.18. The summed E-state index contributed by atoms with van der Waals surface area (Å²) in [4.78, 5) is 26.3. The van der Waals surface area contributed by atoms with Gasteiger partial charge >= 0.3 is 0 Å². The van der Waals surface area contributed by atoms with Gasteiger partial charge in [-0.1, -0.05) is 12.1 Å². The maximum absolute atomic E-state index is 11.6. The van der Waals surface area contributed by atoms with E-state index in [0.29, 0.717) is 0 Å². The molecule has 6 heteroatoms. The molecule has 2 heterocycles. The number of thiophene rings is 1. The maximum Gasteiger partial charge on any atom is 0.217 e. The lowest BCUT2D eigenvalue weighted by Gasteiger charge is -2.19. The number of amides is 1. The highest BCUT2D eigenvalue weighted by Gasteiger charge is 2.34. The molecule has 0 spiro atoms. The summed E-state index contributed by atoms with van der Waals surface area (Å²) < 4.78 is 5.24. The van der Waals surface area contributed by atoms with Gasteiger partial charge in [0.1, 0.15) is 5.75 Å². The Morgan fingerprint density at radius 1 is 1.23 bits per heavy atom. The van der Waals surface area contributed by atoms with E-state index in [4.69, 9.17) is 4.74 Å². The molecular formula is C20H24N2O3S. The van der Waals surface area contributed by atoms with E-state index in [0.717, 1.165) is 35.8 Å². The lowest BCUT2D eigenvalue weighted by atomic mass is 9.94. The molecule has 0 radical (unpaired) electrons. The van der Waals surface area contributed by atoms with Crippen molar-refractivity contribution < 1.29 is 14.3 Å². The first-order valence-corrected chi connectivity index (χ1v) is 9.56. The van der Waals surface area contributed by atoms with Crippen LogP contribution >= 0.6 is 11.3 Å². The molecule has 3 rings (SSSR count). The molecule has 2 atom stereocenters. The summed E-state index contributed by atoms with van der Waals surface area (Å²) in [5.41, 5.74) is 2.35. The second-order valence-corrected chi connectivity index (χ2v) is 7.67. The van der Waals surface area contributed by atoms with E-state index in [1.165, 1.54) is 16.9 Å². The number of rotatable bonds is 6. The predicted octanol–water partition coefficient (Wildman–Crippen LogP) is 3.06. The number of benzene rings is 1. The van der Waals surface area contributed by atoms with Crippen molar-refractivity contribution in [2.24, 2.45) is 0 Å². The molecule has 1 aromatic heterocycles. The third-order valence-corrected chi connectivity index (χ3v) is 5.81. The zero-order chi connectivity index (χ0) is 18.7. The van der Waals surface area contributed by atoms with E-state index < -0.39 is 0 Å². The minimum atomic E-state index is -0.00948. The van der Waals surface area contributed by atoms with Crippen LogP contribution in [0.2, 0.25) is 0 Å². The molecule has 1 fully saturated rings. The molecule has 0 unspecified atom stereocenters. The number of hydrogen-bond donors (Lipinski definition) is 1. The van der Waals surface area contributed by atoms with Crippen molar-refractivity contribution in [3.63, 3.8) is 0 Å². The Bertz CT molecular complexity index is 785. The van der Waals surface area contributed by atoms with Crippen molar-refractivity contribution >= 4 is 23.0 Å². The van der Waals surface area contributed by atoms with E-state index >= 15 is 0 Å². The van der Waals surface area contributed by atoms with Gasteiger partial charge in [-0.15, -0.1) is 11.3 Å². The lowest BCUT2D eigenvalue weighted by Crippen LogP contribution is -2.38. The smallest absolute Gasteiger partial charge is 0.217 e. The Morgan fingerprint density at radius 2 is 1.96 bits per heavy atom. The largest absolute Gasteiger partial charge is 0.497 e. The van der Waals surface area contributed by atoms with Crippen LogP contribution in [0, 0.1) is 0 Å². The molecule has 1 saturated heterocycles. The average Bonchev–Trinajstić information content (AvgIpc) is 3.22. The molecule has 1 amide bonds. The van der Waals surface area contributed by atoms with Crippen molar-refractivity contribution in [1.29, 1.82) is 0 Å². The zero-order valence-corrected chi connectivity index (χ0v) is 16.1. The topological polar surface area (TPSA) is 58.6 Å². The van der Waals surface area contributed by atoms with Crippen molar-refractivity contribution in [1.82, 2.24) is 10.2 Å². The first-order chi connectivity index (χ1) is 12.5. The molecule has 5 nitrogen and oxygen atoms in total. The van der Waals surface area contributed by atoms with E-state index in [1.807, 2.05) is 23.6 Å². The van der Waals surface area contributed by atoms with Gasteiger partial charge in [0.05, 0.1) is 12.0 Å². The third kappa shape index (κ3) is 4.31. The number of ether oxygens (including phenoxy) is 1. The number of Topliss-reactive ketones (excluding diaryl/α,β-unsaturated/α-hetero) is 1. The number of likely N-dealkylation sites (tertiary alicyclic amines) is 1. The summed E-state index contributed by atoms with van der Waals surface area (Å²) in [7, 11) is 1.66. The number of hydrogen-bond acceptors (Lipinski definition) is 5. The van der Waals surface area contributed by atoms with Crippen LogP contribution in [-0.2, 0) is 11.3 Å². The highest BCUT2D eigenvalue weighted by Crippen LogP contribution is 2.30. The monoisotopic (exact) mass is 372 g/mol. The van der Waals surface area contributed by atoms with Gasteiger partial charge in [-0.3, -0.25) is 14.5 Å². The fourth-order valence-electron chi connectivity index (χ4n) is 3.51.